The first kappa shape index (κ1) is 18.1. The highest BCUT2D eigenvalue weighted by Gasteiger charge is 2.28. The van der Waals surface area contributed by atoms with Gasteiger partial charge >= 0.3 is 6.18 Å². The maximum Gasteiger partial charge on any atom is 0.422 e. The van der Waals surface area contributed by atoms with Gasteiger partial charge in [-0.25, -0.2) is 0 Å². The lowest BCUT2D eigenvalue weighted by atomic mass is 10.2. The van der Waals surface area contributed by atoms with Gasteiger partial charge in [0.05, 0.1) is 0 Å². The Hall–Kier alpha value is -1.92. The molecule has 0 aliphatic carbocycles. The van der Waals surface area contributed by atoms with Gasteiger partial charge in [-0.3, -0.25) is 4.99 Å². The van der Waals surface area contributed by atoms with E-state index < -0.39 is 12.8 Å². The first-order valence-electron chi connectivity index (χ1n) is 7.17. The highest BCUT2D eigenvalue weighted by atomic mass is 19.4. The third-order valence-corrected chi connectivity index (χ3v) is 2.81. The molecule has 0 amide bonds. The number of hydrogen-bond donors (Lipinski definition) is 2. The fraction of sp³-hybridized carbons (Fsp3) is 0.533. The topological polar surface area (TPSA) is 45.7 Å². The SMILES string of the molecule is CCCCNC(=NC)NCc1cccc(OCC(F)(F)F)c1. The molecule has 0 aliphatic rings. The zero-order valence-corrected chi connectivity index (χ0v) is 12.8. The lowest BCUT2D eigenvalue weighted by molar-refractivity contribution is -0.153. The van der Waals surface area contributed by atoms with Crippen molar-refractivity contribution >= 4 is 5.96 Å². The maximum atomic E-state index is 12.1. The normalized spacial score (nSPS) is 12.1. The van der Waals surface area contributed by atoms with Crippen molar-refractivity contribution < 1.29 is 17.9 Å². The molecule has 0 heterocycles. The third kappa shape index (κ3) is 7.75. The van der Waals surface area contributed by atoms with E-state index >= 15 is 0 Å². The minimum atomic E-state index is -4.33. The molecule has 1 aromatic carbocycles. The Morgan fingerprint density at radius 3 is 2.68 bits per heavy atom. The van der Waals surface area contributed by atoms with E-state index in [2.05, 4.69) is 22.5 Å². The van der Waals surface area contributed by atoms with Gasteiger partial charge in [0.1, 0.15) is 5.75 Å². The monoisotopic (exact) mass is 317 g/mol. The fourth-order valence-corrected chi connectivity index (χ4v) is 1.70. The molecule has 0 atom stereocenters. The Balaban J connectivity index is 2.48. The fourth-order valence-electron chi connectivity index (χ4n) is 1.70. The van der Waals surface area contributed by atoms with Gasteiger partial charge in [-0.15, -0.1) is 0 Å². The van der Waals surface area contributed by atoms with Crippen molar-refractivity contribution in [1.29, 1.82) is 0 Å². The molecule has 0 saturated heterocycles. The molecule has 4 nitrogen and oxygen atoms in total. The van der Waals surface area contributed by atoms with Gasteiger partial charge in [0.25, 0.3) is 0 Å². The number of benzene rings is 1. The van der Waals surface area contributed by atoms with E-state index in [1.165, 1.54) is 6.07 Å². The van der Waals surface area contributed by atoms with E-state index in [0.29, 0.717) is 12.5 Å². The summed E-state index contributed by atoms with van der Waals surface area (Å²) in [5, 5.41) is 6.26. The summed E-state index contributed by atoms with van der Waals surface area (Å²) < 4.78 is 41.1. The second-order valence-corrected chi connectivity index (χ2v) is 4.76. The summed E-state index contributed by atoms with van der Waals surface area (Å²) in [6, 6.07) is 6.56. The van der Waals surface area contributed by atoms with E-state index in [4.69, 9.17) is 4.74 Å². The molecular weight excluding hydrogens is 295 g/mol. The molecule has 0 unspecified atom stereocenters. The Kier molecular flexibility index (Phi) is 7.56. The van der Waals surface area contributed by atoms with Gasteiger partial charge in [-0.2, -0.15) is 13.2 Å². The Morgan fingerprint density at radius 1 is 1.27 bits per heavy atom. The van der Waals surface area contributed by atoms with Crippen LogP contribution in [0.25, 0.3) is 0 Å². The molecule has 0 spiro atoms. The lowest BCUT2D eigenvalue weighted by Crippen LogP contribution is -2.37. The first-order valence-corrected chi connectivity index (χ1v) is 7.17. The highest BCUT2D eigenvalue weighted by molar-refractivity contribution is 5.79. The molecule has 22 heavy (non-hydrogen) atoms. The molecule has 124 valence electrons. The summed E-state index contributed by atoms with van der Waals surface area (Å²) in [6.45, 7) is 2.09. The number of nitrogens with zero attached hydrogens (tertiary/aromatic N) is 1. The van der Waals surface area contributed by atoms with Gasteiger partial charge in [-0.1, -0.05) is 25.5 Å². The number of alkyl halides is 3. The van der Waals surface area contributed by atoms with Gasteiger partial charge in [0, 0.05) is 20.1 Å². The zero-order chi connectivity index (χ0) is 16.4. The average molecular weight is 317 g/mol. The quantitative estimate of drug-likeness (QED) is 0.461. The predicted molar refractivity (Wildman–Crippen MR) is 81.1 cm³/mol. The van der Waals surface area contributed by atoms with Crippen LogP contribution in [0, 0.1) is 0 Å². The Labute approximate surface area is 128 Å². The van der Waals surface area contributed by atoms with E-state index in [1.54, 1.807) is 19.2 Å². The summed E-state index contributed by atoms with van der Waals surface area (Å²) >= 11 is 0. The number of rotatable bonds is 7. The lowest BCUT2D eigenvalue weighted by Gasteiger charge is -2.13. The van der Waals surface area contributed by atoms with Crippen molar-refractivity contribution in [3.8, 4) is 5.75 Å². The molecule has 0 aromatic heterocycles. The number of ether oxygens (including phenoxy) is 1. The summed E-state index contributed by atoms with van der Waals surface area (Å²) in [7, 11) is 1.67. The Bertz CT molecular complexity index is 475. The summed E-state index contributed by atoms with van der Waals surface area (Å²) in [5.74, 6) is 0.862. The van der Waals surface area contributed by atoms with Crippen molar-refractivity contribution in [2.45, 2.75) is 32.5 Å². The molecule has 0 aliphatic heterocycles. The van der Waals surface area contributed by atoms with Crippen LogP contribution in [0.4, 0.5) is 13.2 Å². The number of hydrogen-bond acceptors (Lipinski definition) is 2. The molecule has 0 saturated carbocycles. The molecular formula is C15H22F3N3O. The molecule has 0 fully saturated rings. The van der Waals surface area contributed by atoms with E-state index in [0.717, 1.165) is 24.9 Å². The van der Waals surface area contributed by atoms with Crippen LogP contribution in [0.3, 0.4) is 0 Å². The van der Waals surface area contributed by atoms with E-state index in [-0.39, 0.29) is 5.75 Å². The molecule has 0 bridgehead atoms. The number of halogens is 3. The second kappa shape index (κ2) is 9.17. The molecule has 7 heteroatoms. The first-order chi connectivity index (χ1) is 10.4. The minimum Gasteiger partial charge on any atom is -0.484 e. The molecule has 2 N–H and O–H groups in total. The molecule has 1 aromatic rings. The average Bonchev–Trinajstić information content (AvgIpc) is 2.48. The van der Waals surface area contributed by atoms with Gasteiger partial charge < -0.3 is 15.4 Å². The van der Waals surface area contributed by atoms with Crippen LogP contribution in [0.5, 0.6) is 5.75 Å². The van der Waals surface area contributed by atoms with Crippen molar-refractivity contribution in [2.75, 3.05) is 20.2 Å². The number of guanidine groups is 1. The van der Waals surface area contributed by atoms with Gasteiger partial charge in [0.15, 0.2) is 12.6 Å². The van der Waals surface area contributed by atoms with Crippen molar-refractivity contribution in [3.05, 3.63) is 29.8 Å². The minimum absolute atomic E-state index is 0.200. The second-order valence-electron chi connectivity index (χ2n) is 4.76. The van der Waals surface area contributed by atoms with Crippen molar-refractivity contribution in [2.24, 2.45) is 4.99 Å². The van der Waals surface area contributed by atoms with Crippen LogP contribution in [0.2, 0.25) is 0 Å². The van der Waals surface area contributed by atoms with Crippen LogP contribution in [-0.2, 0) is 6.54 Å². The standard InChI is InChI=1S/C15H22F3N3O/c1-3-4-8-20-14(19-2)21-10-12-6-5-7-13(9-12)22-11-15(16,17)18/h5-7,9H,3-4,8,10-11H2,1-2H3,(H2,19,20,21). The van der Waals surface area contributed by atoms with Crippen LogP contribution in [-0.4, -0.2) is 32.3 Å². The molecule has 0 radical (unpaired) electrons. The van der Waals surface area contributed by atoms with Crippen LogP contribution in [0.15, 0.2) is 29.3 Å². The van der Waals surface area contributed by atoms with Crippen LogP contribution < -0.4 is 15.4 Å². The predicted octanol–water partition coefficient (Wildman–Crippen LogP) is 3.09. The summed E-state index contributed by atoms with van der Waals surface area (Å²) in [4.78, 5) is 4.08. The maximum absolute atomic E-state index is 12.1. The number of nitrogens with one attached hydrogen (secondary N) is 2. The van der Waals surface area contributed by atoms with Gasteiger partial charge in [0.2, 0.25) is 0 Å². The highest BCUT2D eigenvalue weighted by Crippen LogP contribution is 2.19. The summed E-state index contributed by atoms with van der Waals surface area (Å²) in [6.07, 6.45) is -2.20. The number of aliphatic imine (C=N–C) groups is 1. The van der Waals surface area contributed by atoms with E-state index in [9.17, 15) is 13.2 Å². The molecule has 1 rings (SSSR count). The number of unbranched alkanes of at least 4 members (excludes halogenated alkanes) is 1. The van der Waals surface area contributed by atoms with E-state index in [1.807, 2.05) is 6.07 Å². The van der Waals surface area contributed by atoms with Crippen molar-refractivity contribution in [1.82, 2.24) is 10.6 Å². The van der Waals surface area contributed by atoms with Crippen molar-refractivity contribution in [3.63, 3.8) is 0 Å². The Morgan fingerprint density at radius 2 is 2.05 bits per heavy atom. The summed E-state index contributed by atoms with van der Waals surface area (Å²) in [5.41, 5.74) is 0.818. The van der Waals surface area contributed by atoms with Gasteiger partial charge in [-0.05, 0) is 24.1 Å². The zero-order valence-electron chi connectivity index (χ0n) is 12.8. The largest absolute Gasteiger partial charge is 0.484 e. The van der Waals surface area contributed by atoms with Crippen LogP contribution in [0.1, 0.15) is 25.3 Å². The van der Waals surface area contributed by atoms with Crippen LogP contribution >= 0.6 is 0 Å². The smallest absolute Gasteiger partial charge is 0.422 e. The third-order valence-electron chi connectivity index (χ3n) is 2.81.